The van der Waals surface area contributed by atoms with Gasteiger partial charge in [-0.05, 0) is 25.1 Å². The third kappa shape index (κ3) is 2.86. The van der Waals surface area contributed by atoms with Gasteiger partial charge in [0.2, 0.25) is 5.78 Å². The molecule has 0 radical (unpaired) electrons. The molecule has 0 aliphatic rings. The Balaban J connectivity index is 2.49. The average molecular weight is 297 g/mol. The molecule has 2 rings (SSSR count). The Morgan fingerprint density at radius 1 is 1.27 bits per heavy atom. The van der Waals surface area contributed by atoms with E-state index < -0.39 is 5.78 Å². The smallest absolute Gasteiger partial charge is 0.207 e. The van der Waals surface area contributed by atoms with Gasteiger partial charge in [-0.3, -0.25) is 4.79 Å². The number of nitriles is 1. The lowest BCUT2D eigenvalue weighted by molar-refractivity contribution is 0.103. The minimum Gasteiger partial charge on any atom is -0.493 e. The minimum absolute atomic E-state index is 0.00365. The van der Waals surface area contributed by atoms with Crippen LogP contribution in [0, 0.1) is 18.3 Å². The van der Waals surface area contributed by atoms with Gasteiger partial charge in [-0.2, -0.15) is 5.26 Å². The maximum Gasteiger partial charge on any atom is 0.207 e. The number of rotatable bonds is 5. The fraction of sp³-hybridized carbons (Fsp3) is 0.176. The molecule has 0 bridgehead atoms. The van der Waals surface area contributed by atoms with Crippen LogP contribution in [0.25, 0.3) is 6.08 Å². The number of ketones is 1. The Labute approximate surface area is 128 Å². The zero-order chi connectivity index (χ0) is 16.1. The molecule has 0 N–H and O–H groups in total. The van der Waals surface area contributed by atoms with E-state index in [2.05, 4.69) is 0 Å². The molecule has 5 heteroatoms. The number of furan rings is 1. The predicted molar refractivity (Wildman–Crippen MR) is 80.9 cm³/mol. The van der Waals surface area contributed by atoms with Crippen LogP contribution >= 0.6 is 0 Å². The molecule has 22 heavy (non-hydrogen) atoms. The number of benzene rings is 1. The number of ether oxygens (including phenoxy) is 2. The summed E-state index contributed by atoms with van der Waals surface area (Å²) in [6.07, 6.45) is 2.90. The molecule has 0 spiro atoms. The van der Waals surface area contributed by atoms with Crippen LogP contribution in [0.5, 0.6) is 11.5 Å². The summed E-state index contributed by atoms with van der Waals surface area (Å²) < 4.78 is 15.6. The monoisotopic (exact) mass is 297 g/mol. The molecule has 112 valence electrons. The van der Waals surface area contributed by atoms with E-state index in [-0.39, 0.29) is 5.57 Å². The molecule has 0 aliphatic heterocycles. The van der Waals surface area contributed by atoms with Crippen molar-refractivity contribution in [1.82, 2.24) is 0 Å². The van der Waals surface area contributed by atoms with Crippen LogP contribution in [0.2, 0.25) is 0 Å². The Bertz CT molecular complexity index is 765. The second kappa shape index (κ2) is 6.64. The van der Waals surface area contributed by atoms with E-state index in [0.717, 1.165) is 0 Å². The number of carbonyl (C=O) groups is 1. The standard InChI is InChI=1S/C17H15NO4/c1-11-14(7-8-22-11)16(19)13(10-18)9-12-5-4-6-15(20-2)17(12)21-3/h4-9H,1-3H3/b13-9+. The summed E-state index contributed by atoms with van der Waals surface area (Å²) >= 11 is 0. The van der Waals surface area contributed by atoms with Crippen molar-refractivity contribution in [2.45, 2.75) is 6.92 Å². The molecule has 5 nitrogen and oxygen atoms in total. The molecule has 2 aromatic rings. The number of carbonyl (C=O) groups excluding carboxylic acids is 1. The van der Waals surface area contributed by atoms with Crippen molar-refractivity contribution < 1.29 is 18.7 Å². The van der Waals surface area contributed by atoms with Gasteiger partial charge >= 0.3 is 0 Å². The van der Waals surface area contributed by atoms with Crippen LogP contribution in [0.4, 0.5) is 0 Å². The number of methoxy groups -OCH3 is 2. The van der Waals surface area contributed by atoms with Crippen molar-refractivity contribution >= 4 is 11.9 Å². The quantitative estimate of drug-likeness (QED) is 0.480. The summed E-state index contributed by atoms with van der Waals surface area (Å²) in [6.45, 7) is 1.67. The predicted octanol–water partition coefficient (Wildman–Crippen LogP) is 3.40. The van der Waals surface area contributed by atoms with E-state index in [9.17, 15) is 10.1 Å². The zero-order valence-corrected chi connectivity index (χ0v) is 12.5. The first kappa shape index (κ1) is 15.4. The van der Waals surface area contributed by atoms with Crippen LogP contribution < -0.4 is 9.47 Å². The molecular formula is C17H15NO4. The minimum atomic E-state index is -0.390. The van der Waals surface area contributed by atoms with Crippen molar-refractivity contribution in [1.29, 1.82) is 5.26 Å². The lowest BCUT2D eigenvalue weighted by atomic mass is 10.0. The maximum atomic E-state index is 12.4. The highest BCUT2D eigenvalue weighted by Gasteiger charge is 2.18. The second-order valence-electron chi connectivity index (χ2n) is 4.47. The van der Waals surface area contributed by atoms with Gasteiger partial charge in [-0.1, -0.05) is 12.1 Å². The van der Waals surface area contributed by atoms with Crippen molar-refractivity contribution in [3.8, 4) is 17.6 Å². The highest BCUT2D eigenvalue weighted by Crippen LogP contribution is 2.32. The van der Waals surface area contributed by atoms with Crippen LogP contribution in [-0.4, -0.2) is 20.0 Å². The molecular weight excluding hydrogens is 282 g/mol. The van der Waals surface area contributed by atoms with E-state index in [1.54, 1.807) is 31.2 Å². The Hall–Kier alpha value is -3.00. The summed E-state index contributed by atoms with van der Waals surface area (Å²) in [5.74, 6) is 1.08. The van der Waals surface area contributed by atoms with Crippen LogP contribution in [-0.2, 0) is 0 Å². The van der Waals surface area contributed by atoms with Gasteiger partial charge < -0.3 is 13.9 Å². The van der Waals surface area contributed by atoms with Gasteiger partial charge in [0.15, 0.2) is 11.5 Å². The van der Waals surface area contributed by atoms with Gasteiger partial charge in [-0.15, -0.1) is 0 Å². The summed E-state index contributed by atoms with van der Waals surface area (Å²) in [7, 11) is 3.03. The molecule has 0 fully saturated rings. The van der Waals surface area contributed by atoms with E-state index >= 15 is 0 Å². The van der Waals surface area contributed by atoms with Gasteiger partial charge in [0.25, 0.3) is 0 Å². The van der Waals surface area contributed by atoms with Crippen molar-refractivity contribution in [2.75, 3.05) is 14.2 Å². The number of hydrogen-bond donors (Lipinski definition) is 0. The molecule has 0 aliphatic carbocycles. The number of nitrogens with zero attached hydrogens (tertiary/aromatic N) is 1. The lowest BCUT2D eigenvalue weighted by Gasteiger charge is -2.10. The number of Topliss-reactive ketones (excluding diaryl/α,β-unsaturated/α-hetero) is 1. The maximum absolute atomic E-state index is 12.4. The summed E-state index contributed by atoms with van der Waals surface area (Å²) in [4.78, 5) is 12.4. The number of aryl methyl sites for hydroxylation is 1. The number of allylic oxidation sites excluding steroid dienone is 1. The van der Waals surface area contributed by atoms with Gasteiger partial charge in [0, 0.05) is 5.56 Å². The van der Waals surface area contributed by atoms with E-state index in [1.807, 2.05) is 6.07 Å². The Morgan fingerprint density at radius 2 is 2.05 bits per heavy atom. The third-order valence-corrected chi connectivity index (χ3v) is 3.20. The normalized spacial score (nSPS) is 10.9. The van der Waals surface area contributed by atoms with Crippen LogP contribution in [0.15, 0.2) is 40.5 Å². The molecule has 0 saturated heterocycles. The molecule has 0 unspecified atom stereocenters. The number of hydrogen-bond acceptors (Lipinski definition) is 5. The molecule has 1 aromatic heterocycles. The van der Waals surface area contributed by atoms with Gasteiger partial charge in [-0.25, -0.2) is 0 Å². The second-order valence-corrected chi connectivity index (χ2v) is 4.47. The van der Waals surface area contributed by atoms with E-state index in [1.165, 1.54) is 26.6 Å². The average Bonchev–Trinajstić information content (AvgIpc) is 2.97. The largest absolute Gasteiger partial charge is 0.493 e. The van der Waals surface area contributed by atoms with Gasteiger partial charge in [0.05, 0.1) is 26.0 Å². The molecule has 1 aromatic carbocycles. The molecule has 1 heterocycles. The summed E-state index contributed by atoms with van der Waals surface area (Å²) in [5.41, 5.74) is 0.957. The fourth-order valence-corrected chi connectivity index (χ4v) is 2.10. The first-order valence-corrected chi connectivity index (χ1v) is 6.54. The van der Waals surface area contributed by atoms with Crippen molar-refractivity contribution in [2.24, 2.45) is 0 Å². The topological polar surface area (TPSA) is 72.5 Å². The SMILES string of the molecule is COc1cccc(/C=C(\C#N)C(=O)c2ccoc2C)c1OC. The molecule has 0 saturated carbocycles. The lowest BCUT2D eigenvalue weighted by Crippen LogP contribution is -2.02. The third-order valence-electron chi connectivity index (χ3n) is 3.20. The van der Waals surface area contributed by atoms with Crippen LogP contribution in [0.1, 0.15) is 21.7 Å². The highest BCUT2D eigenvalue weighted by atomic mass is 16.5. The van der Waals surface area contributed by atoms with Gasteiger partial charge in [0.1, 0.15) is 17.4 Å². The zero-order valence-electron chi connectivity index (χ0n) is 12.5. The highest BCUT2D eigenvalue weighted by molar-refractivity contribution is 6.14. The first-order valence-electron chi connectivity index (χ1n) is 6.54. The van der Waals surface area contributed by atoms with Crippen molar-refractivity contribution in [3.05, 3.63) is 53.0 Å². The summed E-state index contributed by atoms with van der Waals surface area (Å²) in [6, 6.07) is 8.72. The molecule has 0 atom stereocenters. The summed E-state index contributed by atoms with van der Waals surface area (Å²) in [5, 5.41) is 9.30. The fourth-order valence-electron chi connectivity index (χ4n) is 2.10. The Morgan fingerprint density at radius 3 is 2.59 bits per heavy atom. The Kier molecular flexibility index (Phi) is 4.64. The number of para-hydroxylation sites is 1. The molecule has 0 amide bonds. The first-order chi connectivity index (χ1) is 10.6. The van der Waals surface area contributed by atoms with E-state index in [0.29, 0.717) is 28.4 Å². The van der Waals surface area contributed by atoms with E-state index in [4.69, 9.17) is 13.9 Å². The van der Waals surface area contributed by atoms with Crippen molar-refractivity contribution in [3.63, 3.8) is 0 Å². The van der Waals surface area contributed by atoms with Crippen LogP contribution in [0.3, 0.4) is 0 Å².